The molecule has 0 saturated heterocycles. The third kappa shape index (κ3) is 3.67. The Morgan fingerprint density at radius 2 is 1.82 bits per heavy atom. The van der Waals surface area contributed by atoms with E-state index in [1.165, 1.54) is 11.1 Å². The van der Waals surface area contributed by atoms with Crippen LogP contribution < -0.4 is 15.0 Å². The second-order valence-corrected chi connectivity index (χ2v) is 6.75. The van der Waals surface area contributed by atoms with E-state index in [1.54, 1.807) is 32.2 Å². The van der Waals surface area contributed by atoms with Gasteiger partial charge in [-0.15, -0.1) is 0 Å². The number of benzene rings is 2. The highest BCUT2D eigenvalue weighted by atomic mass is 16.5. The maximum Gasteiger partial charge on any atom is 0.274 e. The first kappa shape index (κ1) is 18.0. The number of carbonyl (C=O) groups is 1. The van der Waals surface area contributed by atoms with Crippen molar-refractivity contribution in [3.8, 4) is 5.75 Å². The van der Waals surface area contributed by atoms with Gasteiger partial charge in [0.05, 0.1) is 12.8 Å². The van der Waals surface area contributed by atoms with Crippen LogP contribution in [0.4, 0.5) is 11.5 Å². The van der Waals surface area contributed by atoms with Crippen LogP contribution in [-0.2, 0) is 13.0 Å². The van der Waals surface area contributed by atoms with Gasteiger partial charge in [-0.05, 0) is 36.6 Å². The first-order chi connectivity index (χ1) is 13.6. The van der Waals surface area contributed by atoms with Crippen LogP contribution in [0.1, 0.15) is 27.4 Å². The van der Waals surface area contributed by atoms with Gasteiger partial charge in [-0.3, -0.25) is 4.79 Å². The lowest BCUT2D eigenvalue weighted by atomic mass is 10.00. The maximum atomic E-state index is 12.8. The zero-order valence-corrected chi connectivity index (χ0v) is 16.0. The van der Waals surface area contributed by atoms with Gasteiger partial charge in [-0.1, -0.05) is 36.4 Å². The summed E-state index contributed by atoms with van der Waals surface area (Å²) in [5, 5.41) is 2.88. The summed E-state index contributed by atoms with van der Waals surface area (Å²) in [5.74, 6) is 1.66. The summed E-state index contributed by atoms with van der Waals surface area (Å²) in [7, 11) is 1.58. The minimum atomic E-state index is -0.284. The Morgan fingerprint density at radius 3 is 2.64 bits per heavy atom. The van der Waals surface area contributed by atoms with E-state index in [9.17, 15) is 4.79 Å². The van der Waals surface area contributed by atoms with Gasteiger partial charge in [0, 0.05) is 19.2 Å². The lowest BCUT2D eigenvalue weighted by Crippen LogP contribution is -2.31. The maximum absolute atomic E-state index is 12.8. The molecule has 0 atom stereocenters. The Balaban J connectivity index is 1.58. The number of rotatable bonds is 4. The van der Waals surface area contributed by atoms with Crippen molar-refractivity contribution in [3.05, 3.63) is 77.2 Å². The molecule has 6 nitrogen and oxygen atoms in total. The lowest BCUT2D eigenvalue weighted by molar-refractivity contribution is 0.102. The molecule has 0 bridgehead atoms. The van der Waals surface area contributed by atoms with Crippen LogP contribution >= 0.6 is 0 Å². The van der Waals surface area contributed by atoms with Crippen LogP contribution in [-0.4, -0.2) is 29.5 Å². The molecule has 0 unspecified atom stereocenters. The van der Waals surface area contributed by atoms with E-state index in [0.717, 1.165) is 25.3 Å². The molecule has 1 aliphatic rings. The van der Waals surface area contributed by atoms with E-state index in [-0.39, 0.29) is 5.91 Å². The van der Waals surface area contributed by atoms with Gasteiger partial charge in [0.15, 0.2) is 0 Å². The number of methoxy groups -OCH3 is 1. The molecule has 0 aliphatic carbocycles. The number of hydrogen-bond donors (Lipinski definition) is 1. The number of fused-ring (bicyclic) bond motifs is 1. The average molecular weight is 374 g/mol. The number of anilines is 2. The smallest absolute Gasteiger partial charge is 0.274 e. The summed E-state index contributed by atoms with van der Waals surface area (Å²) in [6.07, 6.45) is 0.960. The van der Waals surface area contributed by atoms with E-state index in [2.05, 4.69) is 44.5 Å². The molecule has 1 aliphatic heterocycles. The summed E-state index contributed by atoms with van der Waals surface area (Å²) in [6.45, 7) is 3.45. The zero-order chi connectivity index (χ0) is 19.5. The number of ether oxygens (including phenoxy) is 1. The van der Waals surface area contributed by atoms with Gasteiger partial charge in [-0.25, -0.2) is 9.97 Å². The van der Waals surface area contributed by atoms with E-state index in [1.807, 2.05) is 12.1 Å². The molecule has 6 heteroatoms. The Hall–Kier alpha value is -3.41. The van der Waals surface area contributed by atoms with Crippen LogP contribution in [0.15, 0.2) is 54.6 Å². The van der Waals surface area contributed by atoms with Gasteiger partial charge in [-0.2, -0.15) is 0 Å². The Labute approximate surface area is 164 Å². The van der Waals surface area contributed by atoms with Crippen molar-refractivity contribution in [2.45, 2.75) is 19.9 Å². The van der Waals surface area contributed by atoms with Gasteiger partial charge in [0.25, 0.3) is 5.91 Å². The Morgan fingerprint density at radius 1 is 1.07 bits per heavy atom. The van der Waals surface area contributed by atoms with Gasteiger partial charge in [0.2, 0.25) is 0 Å². The van der Waals surface area contributed by atoms with Crippen molar-refractivity contribution in [2.24, 2.45) is 0 Å². The Bertz CT molecular complexity index is 1020. The van der Waals surface area contributed by atoms with E-state index >= 15 is 0 Å². The largest absolute Gasteiger partial charge is 0.495 e. The average Bonchev–Trinajstić information content (AvgIpc) is 2.73. The SMILES string of the molecule is COc1ccccc1NC(=O)c1cc(N2CCc3ccccc3C2)nc(C)n1. The molecule has 4 rings (SSSR count). The molecule has 0 saturated carbocycles. The minimum absolute atomic E-state index is 0.284. The summed E-state index contributed by atoms with van der Waals surface area (Å²) in [5.41, 5.74) is 3.62. The molecule has 1 amide bonds. The van der Waals surface area contributed by atoms with Crippen LogP contribution in [0.3, 0.4) is 0 Å². The summed E-state index contributed by atoms with van der Waals surface area (Å²) in [4.78, 5) is 23.9. The van der Waals surface area contributed by atoms with Crippen molar-refractivity contribution in [1.29, 1.82) is 0 Å². The minimum Gasteiger partial charge on any atom is -0.495 e. The predicted octanol–water partition coefficient (Wildman–Crippen LogP) is 3.61. The summed E-state index contributed by atoms with van der Waals surface area (Å²) in [6, 6.07) is 17.5. The molecule has 2 aromatic carbocycles. The van der Waals surface area contributed by atoms with Crippen LogP contribution in [0.2, 0.25) is 0 Å². The number of amides is 1. The number of para-hydroxylation sites is 2. The van der Waals surface area contributed by atoms with Crippen molar-refractivity contribution >= 4 is 17.4 Å². The lowest BCUT2D eigenvalue weighted by Gasteiger charge is -2.30. The predicted molar refractivity (Wildman–Crippen MR) is 109 cm³/mol. The second-order valence-electron chi connectivity index (χ2n) is 6.75. The fourth-order valence-electron chi connectivity index (χ4n) is 3.46. The van der Waals surface area contributed by atoms with Gasteiger partial charge < -0.3 is 15.0 Å². The molecule has 0 fully saturated rings. The molecule has 3 aromatic rings. The number of hydrogen-bond acceptors (Lipinski definition) is 5. The molecular formula is C22H22N4O2. The number of nitrogens with one attached hydrogen (secondary N) is 1. The quantitative estimate of drug-likeness (QED) is 0.756. The molecule has 142 valence electrons. The first-order valence-electron chi connectivity index (χ1n) is 9.26. The summed E-state index contributed by atoms with van der Waals surface area (Å²) < 4.78 is 5.30. The van der Waals surface area contributed by atoms with E-state index in [4.69, 9.17) is 4.74 Å². The molecule has 0 spiro atoms. The highest BCUT2D eigenvalue weighted by Crippen LogP contribution is 2.25. The van der Waals surface area contributed by atoms with Crippen LogP contribution in [0, 0.1) is 6.92 Å². The summed E-state index contributed by atoms with van der Waals surface area (Å²) >= 11 is 0. The van der Waals surface area contributed by atoms with Crippen LogP contribution in [0.25, 0.3) is 0 Å². The van der Waals surface area contributed by atoms with Gasteiger partial charge in [0.1, 0.15) is 23.1 Å². The standard InChI is InChI=1S/C22H22N4O2/c1-15-23-19(22(27)25-18-9-5-6-10-20(18)28-2)13-21(24-15)26-12-11-16-7-3-4-8-17(16)14-26/h3-10,13H,11-12,14H2,1-2H3,(H,25,27). The molecule has 0 radical (unpaired) electrons. The normalized spacial score (nSPS) is 13.0. The van der Waals surface area contributed by atoms with Crippen molar-refractivity contribution < 1.29 is 9.53 Å². The highest BCUT2D eigenvalue weighted by molar-refractivity contribution is 6.04. The fraction of sp³-hybridized carbons (Fsp3) is 0.227. The van der Waals surface area contributed by atoms with E-state index in [0.29, 0.717) is 23.0 Å². The molecular weight excluding hydrogens is 352 g/mol. The molecule has 1 N–H and O–H groups in total. The first-order valence-corrected chi connectivity index (χ1v) is 9.26. The Kier molecular flexibility index (Phi) is 4.93. The van der Waals surface area contributed by atoms with Crippen LogP contribution in [0.5, 0.6) is 5.75 Å². The zero-order valence-electron chi connectivity index (χ0n) is 16.0. The van der Waals surface area contributed by atoms with Crippen molar-refractivity contribution in [2.75, 3.05) is 23.9 Å². The van der Waals surface area contributed by atoms with E-state index < -0.39 is 0 Å². The fourth-order valence-corrected chi connectivity index (χ4v) is 3.46. The second kappa shape index (κ2) is 7.68. The molecule has 1 aromatic heterocycles. The number of aromatic nitrogens is 2. The molecule has 2 heterocycles. The third-order valence-corrected chi connectivity index (χ3v) is 4.87. The van der Waals surface area contributed by atoms with Crippen molar-refractivity contribution in [3.63, 3.8) is 0 Å². The monoisotopic (exact) mass is 374 g/mol. The third-order valence-electron chi connectivity index (χ3n) is 4.87. The highest BCUT2D eigenvalue weighted by Gasteiger charge is 2.20. The molecule has 28 heavy (non-hydrogen) atoms. The number of nitrogens with zero attached hydrogens (tertiary/aromatic N) is 3. The van der Waals surface area contributed by atoms with Gasteiger partial charge >= 0.3 is 0 Å². The number of aryl methyl sites for hydroxylation is 1. The topological polar surface area (TPSA) is 67.3 Å². The van der Waals surface area contributed by atoms with Crippen molar-refractivity contribution in [1.82, 2.24) is 9.97 Å². The number of carbonyl (C=O) groups excluding carboxylic acids is 1.